The molecule has 100 valence electrons. The first-order chi connectivity index (χ1) is 8.78. The highest BCUT2D eigenvalue weighted by molar-refractivity contribution is 5.48. The number of fused-ring (bicyclic) bond motifs is 1. The summed E-state index contributed by atoms with van der Waals surface area (Å²) in [4.78, 5) is 2.53. The van der Waals surface area contributed by atoms with E-state index in [0.29, 0.717) is 0 Å². The third-order valence-electron chi connectivity index (χ3n) is 3.63. The van der Waals surface area contributed by atoms with E-state index >= 15 is 0 Å². The van der Waals surface area contributed by atoms with Crippen molar-refractivity contribution in [3.8, 4) is 11.5 Å². The van der Waals surface area contributed by atoms with Gasteiger partial charge in [0.05, 0.1) is 14.2 Å². The Hall–Kier alpha value is -1.22. The van der Waals surface area contributed by atoms with Crippen LogP contribution in [0.1, 0.15) is 30.9 Å². The van der Waals surface area contributed by atoms with E-state index in [9.17, 15) is 0 Å². The van der Waals surface area contributed by atoms with Crippen LogP contribution in [-0.2, 0) is 13.0 Å². The number of methoxy groups -OCH3 is 2. The van der Waals surface area contributed by atoms with Crippen molar-refractivity contribution in [2.24, 2.45) is 0 Å². The molecule has 2 rings (SSSR count). The summed E-state index contributed by atoms with van der Waals surface area (Å²) < 4.78 is 10.7. The molecule has 1 aliphatic heterocycles. The van der Waals surface area contributed by atoms with Gasteiger partial charge in [-0.05, 0) is 42.6 Å². The van der Waals surface area contributed by atoms with Gasteiger partial charge in [-0.25, -0.2) is 0 Å². The van der Waals surface area contributed by atoms with Crippen LogP contribution in [0.4, 0.5) is 0 Å². The fraction of sp³-hybridized carbons (Fsp3) is 0.600. The van der Waals surface area contributed by atoms with E-state index in [0.717, 1.165) is 31.0 Å². The van der Waals surface area contributed by atoms with Crippen molar-refractivity contribution in [2.45, 2.75) is 32.7 Å². The molecule has 1 heterocycles. The summed E-state index contributed by atoms with van der Waals surface area (Å²) in [5, 5.41) is 0. The van der Waals surface area contributed by atoms with Crippen LogP contribution in [0.5, 0.6) is 11.5 Å². The van der Waals surface area contributed by atoms with Crippen LogP contribution in [0.2, 0.25) is 0 Å². The molecule has 0 saturated heterocycles. The Kier molecular flexibility index (Phi) is 4.48. The number of benzene rings is 1. The number of ether oxygens (including phenoxy) is 2. The van der Waals surface area contributed by atoms with Gasteiger partial charge in [-0.2, -0.15) is 0 Å². The zero-order valence-electron chi connectivity index (χ0n) is 11.7. The second kappa shape index (κ2) is 6.10. The molecule has 3 heteroatoms. The molecule has 0 fully saturated rings. The molecule has 0 amide bonds. The first-order valence-corrected chi connectivity index (χ1v) is 6.74. The van der Waals surface area contributed by atoms with E-state index in [4.69, 9.17) is 9.47 Å². The van der Waals surface area contributed by atoms with Crippen molar-refractivity contribution >= 4 is 0 Å². The molecule has 1 aliphatic rings. The standard InChI is InChI=1S/C15H23NO2/c1-4-5-7-16-8-6-12-9-14(17-2)15(18-3)10-13(12)11-16/h9-10H,4-8,11H2,1-3H3. The van der Waals surface area contributed by atoms with Crippen molar-refractivity contribution in [1.82, 2.24) is 4.90 Å². The quantitative estimate of drug-likeness (QED) is 0.801. The maximum Gasteiger partial charge on any atom is 0.161 e. The third-order valence-corrected chi connectivity index (χ3v) is 3.63. The van der Waals surface area contributed by atoms with Crippen LogP contribution in [0.25, 0.3) is 0 Å². The minimum Gasteiger partial charge on any atom is -0.493 e. The Morgan fingerprint density at radius 3 is 2.39 bits per heavy atom. The van der Waals surface area contributed by atoms with E-state index in [2.05, 4.69) is 24.0 Å². The van der Waals surface area contributed by atoms with Crippen molar-refractivity contribution in [3.05, 3.63) is 23.3 Å². The maximum absolute atomic E-state index is 5.38. The Labute approximate surface area is 110 Å². The molecular weight excluding hydrogens is 226 g/mol. The topological polar surface area (TPSA) is 21.7 Å². The average molecular weight is 249 g/mol. The zero-order valence-corrected chi connectivity index (χ0v) is 11.7. The van der Waals surface area contributed by atoms with Crippen molar-refractivity contribution in [1.29, 1.82) is 0 Å². The monoisotopic (exact) mass is 249 g/mol. The van der Waals surface area contributed by atoms with Gasteiger partial charge in [-0.1, -0.05) is 13.3 Å². The largest absolute Gasteiger partial charge is 0.493 e. The van der Waals surface area contributed by atoms with E-state index in [1.165, 1.54) is 30.5 Å². The summed E-state index contributed by atoms with van der Waals surface area (Å²) in [5.41, 5.74) is 2.79. The molecule has 0 atom stereocenters. The summed E-state index contributed by atoms with van der Waals surface area (Å²) in [7, 11) is 3.39. The molecular formula is C15H23NO2. The summed E-state index contributed by atoms with van der Waals surface area (Å²) in [6, 6.07) is 4.26. The van der Waals surface area contributed by atoms with Gasteiger partial charge >= 0.3 is 0 Å². The Bertz CT molecular complexity index is 404. The van der Waals surface area contributed by atoms with Crippen molar-refractivity contribution in [2.75, 3.05) is 27.3 Å². The number of hydrogen-bond donors (Lipinski definition) is 0. The van der Waals surface area contributed by atoms with Crippen LogP contribution < -0.4 is 9.47 Å². The molecule has 0 aromatic heterocycles. The van der Waals surface area contributed by atoms with Crippen LogP contribution in [0.15, 0.2) is 12.1 Å². The minimum atomic E-state index is 0.841. The number of nitrogens with zero attached hydrogens (tertiary/aromatic N) is 1. The summed E-state index contributed by atoms with van der Waals surface area (Å²) >= 11 is 0. The lowest BCUT2D eigenvalue weighted by molar-refractivity contribution is 0.249. The highest BCUT2D eigenvalue weighted by Crippen LogP contribution is 2.33. The fourth-order valence-corrected chi connectivity index (χ4v) is 2.51. The summed E-state index contributed by atoms with van der Waals surface area (Å²) in [6.45, 7) is 5.63. The van der Waals surface area contributed by atoms with Crippen molar-refractivity contribution in [3.63, 3.8) is 0 Å². The molecule has 0 saturated carbocycles. The fourth-order valence-electron chi connectivity index (χ4n) is 2.51. The van der Waals surface area contributed by atoms with Gasteiger partial charge in [0.25, 0.3) is 0 Å². The first-order valence-electron chi connectivity index (χ1n) is 6.74. The summed E-state index contributed by atoms with van der Waals surface area (Å²) in [6.07, 6.45) is 3.65. The van der Waals surface area contributed by atoms with Crippen LogP contribution in [0.3, 0.4) is 0 Å². The highest BCUT2D eigenvalue weighted by atomic mass is 16.5. The normalized spacial score (nSPS) is 15.3. The molecule has 0 radical (unpaired) electrons. The van der Waals surface area contributed by atoms with Gasteiger partial charge in [0.15, 0.2) is 11.5 Å². The van der Waals surface area contributed by atoms with Gasteiger partial charge < -0.3 is 9.47 Å². The lowest BCUT2D eigenvalue weighted by Crippen LogP contribution is -2.31. The molecule has 18 heavy (non-hydrogen) atoms. The molecule has 0 N–H and O–H groups in total. The van der Waals surface area contributed by atoms with E-state index in [-0.39, 0.29) is 0 Å². The predicted octanol–water partition coefficient (Wildman–Crippen LogP) is 2.86. The Morgan fingerprint density at radius 2 is 1.78 bits per heavy atom. The van der Waals surface area contributed by atoms with Gasteiger partial charge in [-0.15, -0.1) is 0 Å². The molecule has 1 aromatic carbocycles. The highest BCUT2D eigenvalue weighted by Gasteiger charge is 2.18. The Morgan fingerprint density at radius 1 is 1.11 bits per heavy atom. The third kappa shape index (κ3) is 2.78. The van der Waals surface area contributed by atoms with Gasteiger partial charge in [0.1, 0.15) is 0 Å². The van der Waals surface area contributed by atoms with E-state index in [1.807, 2.05) is 0 Å². The molecule has 0 bridgehead atoms. The lowest BCUT2D eigenvalue weighted by atomic mass is 9.98. The molecule has 0 spiro atoms. The van der Waals surface area contributed by atoms with E-state index in [1.54, 1.807) is 14.2 Å². The van der Waals surface area contributed by atoms with Crippen molar-refractivity contribution < 1.29 is 9.47 Å². The van der Waals surface area contributed by atoms with E-state index < -0.39 is 0 Å². The van der Waals surface area contributed by atoms with Gasteiger partial charge in [0, 0.05) is 13.1 Å². The number of rotatable bonds is 5. The van der Waals surface area contributed by atoms with Gasteiger partial charge in [0.2, 0.25) is 0 Å². The molecule has 0 unspecified atom stereocenters. The zero-order chi connectivity index (χ0) is 13.0. The predicted molar refractivity (Wildman–Crippen MR) is 73.4 cm³/mol. The minimum absolute atomic E-state index is 0.841. The second-order valence-electron chi connectivity index (χ2n) is 4.86. The first kappa shape index (κ1) is 13.2. The van der Waals surface area contributed by atoms with Gasteiger partial charge in [-0.3, -0.25) is 4.90 Å². The lowest BCUT2D eigenvalue weighted by Gasteiger charge is -2.29. The molecule has 1 aromatic rings. The SMILES string of the molecule is CCCCN1CCc2cc(OC)c(OC)cc2C1. The number of hydrogen-bond acceptors (Lipinski definition) is 3. The smallest absolute Gasteiger partial charge is 0.161 e. The average Bonchev–Trinajstić information content (AvgIpc) is 2.43. The molecule has 3 nitrogen and oxygen atoms in total. The van der Waals surface area contributed by atoms with Crippen LogP contribution in [-0.4, -0.2) is 32.2 Å². The maximum atomic E-state index is 5.38. The summed E-state index contributed by atoms with van der Waals surface area (Å²) in [5.74, 6) is 1.69. The second-order valence-corrected chi connectivity index (χ2v) is 4.86. The Balaban J connectivity index is 2.16. The number of unbranched alkanes of at least 4 members (excludes halogenated alkanes) is 1. The molecule has 0 aliphatic carbocycles. The van der Waals surface area contributed by atoms with Crippen LogP contribution >= 0.6 is 0 Å². The van der Waals surface area contributed by atoms with Crippen LogP contribution in [0, 0.1) is 0 Å².